The Morgan fingerprint density at radius 2 is 1.81 bits per heavy atom. The molecule has 2 fully saturated rings. The average molecular weight is 374 g/mol. The zero-order valence-corrected chi connectivity index (χ0v) is 16.7. The van der Waals surface area contributed by atoms with Gasteiger partial charge in [-0.15, -0.1) is 0 Å². The lowest BCUT2D eigenvalue weighted by Crippen LogP contribution is -2.57. The maximum absolute atomic E-state index is 12.8. The smallest absolute Gasteiger partial charge is 0.410 e. The zero-order valence-electron chi connectivity index (χ0n) is 16.7. The maximum atomic E-state index is 12.8. The number of hydrogen-bond acceptors (Lipinski definition) is 5. The van der Waals surface area contributed by atoms with Crippen molar-refractivity contribution in [3.8, 4) is 0 Å². The largest absolute Gasteiger partial charge is 0.469 e. The van der Waals surface area contributed by atoms with E-state index in [4.69, 9.17) is 9.47 Å². The van der Waals surface area contributed by atoms with Crippen molar-refractivity contribution >= 4 is 12.1 Å². The van der Waals surface area contributed by atoms with Crippen molar-refractivity contribution in [3.05, 3.63) is 35.9 Å². The second-order valence-corrected chi connectivity index (χ2v) is 8.56. The highest BCUT2D eigenvalue weighted by Crippen LogP contribution is 2.45. The van der Waals surface area contributed by atoms with Gasteiger partial charge in [-0.3, -0.25) is 9.69 Å². The first-order chi connectivity index (χ1) is 12.7. The molecule has 0 spiro atoms. The van der Waals surface area contributed by atoms with Gasteiger partial charge in [-0.1, -0.05) is 30.3 Å². The molecule has 2 heterocycles. The fourth-order valence-electron chi connectivity index (χ4n) is 4.27. The van der Waals surface area contributed by atoms with Gasteiger partial charge in [0.15, 0.2) is 0 Å². The van der Waals surface area contributed by atoms with E-state index in [0.29, 0.717) is 25.9 Å². The zero-order chi connectivity index (χ0) is 19.7. The van der Waals surface area contributed by atoms with Crippen molar-refractivity contribution in [1.29, 1.82) is 0 Å². The minimum Gasteiger partial charge on any atom is -0.469 e. The van der Waals surface area contributed by atoms with Crippen LogP contribution in [0.3, 0.4) is 0 Å². The van der Waals surface area contributed by atoms with E-state index in [1.807, 2.05) is 39.0 Å². The summed E-state index contributed by atoms with van der Waals surface area (Å²) in [5.74, 6) is -0.210. The van der Waals surface area contributed by atoms with Gasteiger partial charge in [0.25, 0.3) is 0 Å². The van der Waals surface area contributed by atoms with E-state index in [2.05, 4.69) is 17.0 Å². The van der Waals surface area contributed by atoms with Crippen molar-refractivity contribution < 1.29 is 19.1 Å². The van der Waals surface area contributed by atoms with Crippen LogP contribution in [0.2, 0.25) is 0 Å². The van der Waals surface area contributed by atoms with Crippen LogP contribution in [0.5, 0.6) is 0 Å². The molecule has 0 radical (unpaired) electrons. The van der Waals surface area contributed by atoms with Crippen LogP contribution >= 0.6 is 0 Å². The molecule has 148 valence electrons. The SMILES string of the molecule is COC(=O)C12CCN(Cc3ccccc3)CC1N(C(=O)OC(C)(C)C)CC2. The molecule has 2 saturated heterocycles. The van der Waals surface area contributed by atoms with Crippen molar-refractivity contribution in [2.45, 2.75) is 51.8 Å². The Morgan fingerprint density at radius 1 is 1.15 bits per heavy atom. The first-order valence-corrected chi connectivity index (χ1v) is 9.59. The number of carbonyl (C=O) groups is 2. The maximum Gasteiger partial charge on any atom is 0.410 e. The molecule has 2 atom stereocenters. The van der Waals surface area contributed by atoms with Gasteiger partial charge in [-0.05, 0) is 45.7 Å². The lowest BCUT2D eigenvalue weighted by atomic mass is 9.74. The standard InChI is InChI=1S/C21H30N2O4/c1-20(2,3)27-19(25)23-13-11-21(18(24)26-4)10-12-22(15-17(21)23)14-16-8-6-5-7-9-16/h5-9,17H,10-15H2,1-4H3. The molecule has 0 N–H and O–H groups in total. The summed E-state index contributed by atoms with van der Waals surface area (Å²) in [6.07, 6.45) is 0.971. The number of rotatable bonds is 3. The number of nitrogens with zero attached hydrogens (tertiary/aromatic N) is 2. The van der Waals surface area contributed by atoms with Gasteiger partial charge in [0, 0.05) is 19.6 Å². The lowest BCUT2D eigenvalue weighted by molar-refractivity contribution is -0.157. The summed E-state index contributed by atoms with van der Waals surface area (Å²) in [7, 11) is 1.43. The molecule has 0 saturated carbocycles. The molecule has 2 aliphatic rings. The Balaban J connectivity index is 1.80. The van der Waals surface area contributed by atoms with E-state index in [0.717, 1.165) is 13.1 Å². The quantitative estimate of drug-likeness (QED) is 0.761. The van der Waals surface area contributed by atoms with Crippen LogP contribution < -0.4 is 0 Å². The summed E-state index contributed by atoms with van der Waals surface area (Å²) in [6, 6.07) is 10.0. The van der Waals surface area contributed by atoms with E-state index < -0.39 is 11.0 Å². The van der Waals surface area contributed by atoms with Gasteiger partial charge in [-0.25, -0.2) is 4.79 Å². The Bertz CT molecular complexity index is 685. The molecule has 1 aromatic carbocycles. The third-order valence-corrected chi connectivity index (χ3v) is 5.59. The third-order valence-electron chi connectivity index (χ3n) is 5.59. The van der Waals surface area contributed by atoms with Crippen molar-refractivity contribution in [3.63, 3.8) is 0 Å². The second kappa shape index (κ2) is 7.50. The molecular weight excluding hydrogens is 344 g/mol. The van der Waals surface area contributed by atoms with Gasteiger partial charge in [0.2, 0.25) is 0 Å². The van der Waals surface area contributed by atoms with E-state index >= 15 is 0 Å². The van der Waals surface area contributed by atoms with Crippen LogP contribution in [-0.4, -0.2) is 60.2 Å². The molecule has 0 aromatic heterocycles. The van der Waals surface area contributed by atoms with E-state index in [1.165, 1.54) is 12.7 Å². The van der Waals surface area contributed by atoms with Crippen LogP contribution in [0.1, 0.15) is 39.2 Å². The van der Waals surface area contributed by atoms with Crippen LogP contribution in [0.25, 0.3) is 0 Å². The highest BCUT2D eigenvalue weighted by atomic mass is 16.6. The molecule has 6 heteroatoms. The molecule has 2 unspecified atom stereocenters. The minimum atomic E-state index is -0.626. The molecule has 1 amide bonds. The average Bonchev–Trinajstić information content (AvgIpc) is 3.00. The Hall–Kier alpha value is -2.08. The highest BCUT2D eigenvalue weighted by Gasteiger charge is 2.57. The molecule has 27 heavy (non-hydrogen) atoms. The Labute approximate surface area is 161 Å². The number of benzene rings is 1. The van der Waals surface area contributed by atoms with Gasteiger partial charge < -0.3 is 14.4 Å². The fourth-order valence-corrected chi connectivity index (χ4v) is 4.27. The predicted molar refractivity (Wildman–Crippen MR) is 102 cm³/mol. The Kier molecular flexibility index (Phi) is 5.47. The van der Waals surface area contributed by atoms with Crippen LogP contribution in [-0.2, 0) is 20.8 Å². The van der Waals surface area contributed by atoms with Crippen molar-refractivity contribution in [2.24, 2.45) is 5.41 Å². The molecule has 3 rings (SSSR count). The molecule has 6 nitrogen and oxygen atoms in total. The minimum absolute atomic E-state index is 0.210. The third kappa shape index (κ3) is 4.10. The number of esters is 1. The number of likely N-dealkylation sites (tertiary alicyclic amines) is 2. The van der Waals surface area contributed by atoms with Gasteiger partial charge >= 0.3 is 12.1 Å². The van der Waals surface area contributed by atoms with Crippen molar-refractivity contribution in [2.75, 3.05) is 26.7 Å². The van der Waals surface area contributed by atoms with Crippen LogP contribution in [0.15, 0.2) is 30.3 Å². The topological polar surface area (TPSA) is 59.1 Å². The molecule has 0 bridgehead atoms. The van der Waals surface area contributed by atoms with Crippen LogP contribution in [0, 0.1) is 5.41 Å². The first-order valence-electron chi connectivity index (χ1n) is 9.59. The fraction of sp³-hybridized carbons (Fsp3) is 0.619. The summed E-state index contributed by atoms with van der Waals surface area (Å²) in [4.78, 5) is 29.5. The number of carbonyl (C=O) groups excluding carboxylic acids is 2. The predicted octanol–water partition coefficient (Wildman–Crippen LogP) is 3.06. The summed E-state index contributed by atoms with van der Waals surface area (Å²) in [5, 5.41) is 0. The van der Waals surface area contributed by atoms with Crippen LogP contribution in [0.4, 0.5) is 4.79 Å². The van der Waals surface area contributed by atoms with E-state index in [1.54, 1.807) is 4.90 Å². The summed E-state index contributed by atoms with van der Waals surface area (Å²) >= 11 is 0. The number of piperidine rings is 1. The molecule has 2 aliphatic heterocycles. The summed E-state index contributed by atoms with van der Waals surface area (Å²) < 4.78 is 10.7. The van der Waals surface area contributed by atoms with E-state index in [-0.39, 0.29) is 18.1 Å². The number of amides is 1. The number of methoxy groups -OCH3 is 1. The van der Waals surface area contributed by atoms with Gasteiger partial charge in [0.05, 0.1) is 18.6 Å². The van der Waals surface area contributed by atoms with Crippen molar-refractivity contribution in [1.82, 2.24) is 9.80 Å². The molecule has 1 aromatic rings. The molecule has 0 aliphatic carbocycles. The molecular formula is C21H30N2O4. The Morgan fingerprint density at radius 3 is 2.44 bits per heavy atom. The highest BCUT2D eigenvalue weighted by molar-refractivity contribution is 5.81. The van der Waals surface area contributed by atoms with Gasteiger partial charge in [-0.2, -0.15) is 0 Å². The monoisotopic (exact) mass is 374 g/mol. The second-order valence-electron chi connectivity index (χ2n) is 8.56. The van der Waals surface area contributed by atoms with Gasteiger partial charge in [0.1, 0.15) is 5.60 Å². The number of ether oxygens (including phenoxy) is 2. The number of fused-ring (bicyclic) bond motifs is 1. The summed E-state index contributed by atoms with van der Waals surface area (Å²) in [6.45, 7) is 8.35. The lowest BCUT2D eigenvalue weighted by Gasteiger charge is -2.44. The van der Waals surface area contributed by atoms with E-state index in [9.17, 15) is 9.59 Å². The first kappa shape index (κ1) is 19.7. The summed E-state index contributed by atoms with van der Waals surface area (Å²) in [5.41, 5.74) is 0.0371. The number of hydrogen-bond donors (Lipinski definition) is 0. The normalized spacial score (nSPS) is 25.8.